The van der Waals surface area contributed by atoms with Crippen molar-refractivity contribution in [1.29, 1.82) is 0 Å². The molecule has 1 rings (SSSR count). The monoisotopic (exact) mass is 550 g/mol. The summed E-state index contributed by atoms with van der Waals surface area (Å²) < 4.78 is 16.5. The van der Waals surface area contributed by atoms with Gasteiger partial charge < -0.3 is 36.7 Å². The van der Waals surface area contributed by atoms with Crippen molar-refractivity contribution in [3.8, 4) is 11.5 Å². The van der Waals surface area contributed by atoms with Crippen LogP contribution in [0.1, 0.15) is 66.4 Å². The number of carbonyl (C=O) groups is 2. The third-order valence-electron chi connectivity index (χ3n) is 7.58. The smallest absolute Gasteiger partial charge is 0.224 e. The number of amides is 2. The van der Waals surface area contributed by atoms with E-state index < -0.39 is 11.3 Å². The van der Waals surface area contributed by atoms with Crippen molar-refractivity contribution in [2.24, 2.45) is 46.3 Å². The molecule has 0 aliphatic heterocycles. The van der Waals surface area contributed by atoms with Crippen LogP contribution < -0.4 is 32.0 Å². The average Bonchev–Trinajstić information content (AvgIpc) is 2.87. The van der Waals surface area contributed by atoms with Gasteiger partial charge in [-0.1, -0.05) is 33.8 Å². The lowest BCUT2D eigenvalue weighted by Gasteiger charge is -2.31. The summed E-state index contributed by atoms with van der Waals surface area (Å²) in [6.07, 6.45) is 2.82. The molecular weight excluding hydrogens is 496 g/mol. The Kier molecular flexibility index (Phi) is 14.8. The maximum absolute atomic E-state index is 13.0. The van der Waals surface area contributed by atoms with E-state index in [1.54, 1.807) is 28.1 Å². The number of ether oxygens (including phenoxy) is 3. The van der Waals surface area contributed by atoms with E-state index in [2.05, 4.69) is 25.2 Å². The van der Waals surface area contributed by atoms with E-state index in [0.29, 0.717) is 37.2 Å². The second-order valence-electron chi connectivity index (χ2n) is 12.0. The lowest BCUT2D eigenvalue weighted by atomic mass is 9.80. The minimum absolute atomic E-state index is 0.0717. The third kappa shape index (κ3) is 11.7. The molecule has 0 saturated heterocycles. The Balaban J connectivity index is 2.87. The van der Waals surface area contributed by atoms with Gasteiger partial charge in [-0.2, -0.15) is 0 Å². The summed E-state index contributed by atoms with van der Waals surface area (Å²) in [6.45, 7) is 13.2. The van der Waals surface area contributed by atoms with Gasteiger partial charge in [-0.25, -0.2) is 0 Å². The van der Waals surface area contributed by atoms with Crippen molar-refractivity contribution in [3.63, 3.8) is 0 Å². The Bertz CT molecular complexity index is 890. The molecule has 1 aromatic carbocycles. The molecule has 1 aromatic rings. The summed E-state index contributed by atoms with van der Waals surface area (Å²) in [5.41, 5.74) is 19.0. The highest BCUT2D eigenvalue weighted by atomic mass is 16.5. The Hall–Kier alpha value is -2.36. The SMILES string of the molecule is COCCCOc1cc(C[C@@H](C[C@H](N)[C@@H](N)C[C@H](C(=O)NCC(C)(C)C(N)=O)C(C)C)C(C)C)ccc1OC. The molecule has 0 radical (unpaired) electrons. The fourth-order valence-corrected chi connectivity index (χ4v) is 4.44. The number of hydrogen-bond donors (Lipinski definition) is 4. The summed E-state index contributed by atoms with van der Waals surface area (Å²) in [5.74, 6) is 1.28. The first-order valence-electron chi connectivity index (χ1n) is 14.1. The molecule has 9 nitrogen and oxygen atoms in total. The van der Waals surface area contributed by atoms with Crippen LogP contribution in [0.3, 0.4) is 0 Å². The molecule has 0 bridgehead atoms. The highest BCUT2D eigenvalue weighted by Crippen LogP contribution is 2.31. The fraction of sp³-hybridized carbons (Fsp3) is 0.733. The van der Waals surface area contributed by atoms with Crippen LogP contribution in [0.25, 0.3) is 0 Å². The van der Waals surface area contributed by atoms with E-state index >= 15 is 0 Å². The first kappa shape index (κ1) is 34.7. The van der Waals surface area contributed by atoms with Crippen LogP contribution in [0.15, 0.2) is 18.2 Å². The van der Waals surface area contributed by atoms with Crippen LogP contribution in [0, 0.1) is 29.1 Å². The maximum Gasteiger partial charge on any atom is 0.224 e. The second kappa shape index (κ2) is 16.7. The number of carbonyl (C=O) groups excluding carboxylic acids is 2. The summed E-state index contributed by atoms with van der Waals surface area (Å²) in [6, 6.07) is 5.43. The number of methoxy groups -OCH3 is 2. The van der Waals surface area contributed by atoms with Gasteiger partial charge in [-0.05, 0) is 68.6 Å². The van der Waals surface area contributed by atoms with Crippen LogP contribution in [-0.2, 0) is 20.7 Å². The number of nitrogens with two attached hydrogens (primary N) is 3. The van der Waals surface area contributed by atoms with Crippen molar-refractivity contribution in [2.75, 3.05) is 34.0 Å². The number of rotatable bonds is 19. The van der Waals surface area contributed by atoms with Gasteiger partial charge in [0.05, 0.1) is 19.1 Å². The lowest BCUT2D eigenvalue weighted by molar-refractivity contribution is -0.129. The largest absolute Gasteiger partial charge is 0.493 e. The molecule has 0 fully saturated rings. The van der Waals surface area contributed by atoms with E-state index in [1.807, 2.05) is 26.0 Å². The zero-order chi connectivity index (χ0) is 29.8. The highest BCUT2D eigenvalue weighted by Gasteiger charge is 2.31. The number of nitrogens with one attached hydrogen (secondary N) is 1. The zero-order valence-corrected chi connectivity index (χ0v) is 25.4. The van der Waals surface area contributed by atoms with Crippen LogP contribution in [0.4, 0.5) is 0 Å². The van der Waals surface area contributed by atoms with Crippen molar-refractivity contribution in [3.05, 3.63) is 23.8 Å². The van der Waals surface area contributed by atoms with Crippen LogP contribution >= 0.6 is 0 Å². The van der Waals surface area contributed by atoms with Gasteiger partial charge in [0.25, 0.3) is 0 Å². The summed E-state index contributed by atoms with van der Waals surface area (Å²) >= 11 is 0. The van der Waals surface area contributed by atoms with Crippen molar-refractivity contribution in [1.82, 2.24) is 5.32 Å². The maximum atomic E-state index is 13.0. The molecule has 0 saturated carbocycles. The van der Waals surface area contributed by atoms with E-state index in [9.17, 15) is 9.59 Å². The molecular formula is C30H54N4O5. The van der Waals surface area contributed by atoms with Gasteiger partial charge in [0.2, 0.25) is 11.8 Å². The second-order valence-corrected chi connectivity index (χ2v) is 12.0. The minimum atomic E-state index is -0.823. The first-order valence-corrected chi connectivity index (χ1v) is 14.1. The third-order valence-corrected chi connectivity index (χ3v) is 7.58. The molecule has 2 amide bonds. The molecule has 224 valence electrons. The van der Waals surface area contributed by atoms with E-state index in [4.69, 9.17) is 31.4 Å². The van der Waals surface area contributed by atoms with Crippen LogP contribution in [-0.4, -0.2) is 57.9 Å². The van der Waals surface area contributed by atoms with E-state index in [0.717, 1.165) is 30.6 Å². The van der Waals surface area contributed by atoms with E-state index in [-0.39, 0.29) is 36.4 Å². The molecule has 0 unspecified atom stereocenters. The summed E-state index contributed by atoms with van der Waals surface area (Å²) in [4.78, 5) is 24.6. The van der Waals surface area contributed by atoms with Crippen molar-refractivity contribution < 1.29 is 23.8 Å². The zero-order valence-electron chi connectivity index (χ0n) is 25.4. The van der Waals surface area contributed by atoms with Gasteiger partial charge in [0, 0.05) is 44.7 Å². The topological polar surface area (TPSA) is 152 Å². The first-order chi connectivity index (χ1) is 18.2. The molecule has 0 aliphatic carbocycles. The Morgan fingerprint density at radius 2 is 1.59 bits per heavy atom. The number of primary amides is 1. The lowest BCUT2D eigenvalue weighted by Crippen LogP contribution is -2.49. The highest BCUT2D eigenvalue weighted by molar-refractivity contribution is 5.83. The van der Waals surface area contributed by atoms with Crippen LogP contribution in [0.5, 0.6) is 11.5 Å². The molecule has 7 N–H and O–H groups in total. The molecule has 0 aromatic heterocycles. The number of hydrogen-bond acceptors (Lipinski definition) is 7. The predicted octanol–water partition coefficient (Wildman–Crippen LogP) is 3.26. The Morgan fingerprint density at radius 1 is 0.949 bits per heavy atom. The van der Waals surface area contributed by atoms with Gasteiger partial charge in [-0.15, -0.1) is 0 Å². The van der Waals surface area contributed by atoms with Crippen molar-refractivity contribution in [2.45, 2.75) is 79.3 Å². The van der Waals surface area contributed by atoms with Gasteiger partial charge >= 0.3 is 0 Å². The summed E-state index contributed by atoms with van der Waals surface area (Å²) in [7, 11) is 3.31. The standard InChI is InChI=1S/C30H54N4O5/c1-19(2)22(14-21-10-11-26(38-8)27(15-21)39-13-9-12-37-7)16-24(31)25(32)17-23(20(3)4)28(35)34-18-30(5,6)29(33)36/h10-11,15,19-20,22-25H,9,12-14,16-18,31-32H2,1-8H3,(H2,33,36)(H,34,35)/t22-,23-,24-,25-/m0/s1. The van der Waals surface area contributed by atoms with Gasteiger partial charge in [0.15, 0.2) is 11.5 Å². The molecule has 4 atom stereocenters. The fourth-order valence-electron chi connectivity index (χ4n) is 4.44. The Morgan fingerprint density at radius 3 is 2.13 bits per heavy atom. The predicted molar refractivity (Wildman–Crippen MR) is 157 cm³/mol. The molecule has 0 spiro atoms. The molecule has 39 heavy (non-hydrogen) atoms. The summed E-state index contributed by atoms with van der Waals surface area (Å²) in [5, 5.41) is 2.89. The van der Waals surface area contributed by atoms with E-state index in [1.165, 1.54) is 0 Å². The van der Waals surface area contributed by atoms with Gasteiger partial charge in [0.1, 0.15) is 0 Å². The molecule has 0 aliphatic rings. The van der Waals surface area contributed by atoms with Crippen molar-refractivity contribution >= 4 is 11.8 Å². The van der Waals surface area contributed by atoms with Crippen LogP contribution in [0.2, 0.25) is 0 Å². The normalized spacial score (nSPS) is 15.1. The molecule has 9 heteroatoms. The quantitative estimate of drug-likeness (QED) is 0.193. The molecule has 0 heterocycles. The van der Waals surface area contributed by atoms with Gasteiger partial charge in [-0.3, -0.25) is 9.59 Å². The minimum Gasteiger partial charge on any atom is -0.493 e. The average molecular weight is 551 g/mol. The number of benzene rings is 1. The Labute approximate surface area is 235 Å².